The van der Waals surface area contributed by atoms with Gasteiger partial charge in [0.1, 0.15) is 11.5 Å². The van der Waals surface area contributed by atoms with Gasteiger partial charge in [-0.2, -0.15) is 4.99 Å². The second kappa shape index (κ2) is 7.28. The third-order valence-corrected chi connectivity index (χ3v) is 7.81. The highest BCUT2D eigenvalue weighted by molar-refractivity contribution is 8.16. The molecular formula is C16H19ClN2O5S2. The van der Waals surface area contributed by atoms with Gasteiger partial charge >= 0.3 is 0 Å². The number of anilines is 1. The fourth-order valence-corrected chi connectivity index (χ4v) is 7.22. The van der Waals surface area contributed by atoms with Crippen LogP contribution in [0, 0.1) is 0 Å². The van der Waals surface area contributed by atoms with Crippen LogP contribution in [0.5, 0.6) is 11.5 Å². The summed E-state index contributed by atoms with van der Waals surface area (Å²) in [4.78, 5) is 17.8. The van der Waals surface area contributed by atoms with Crippen LogP contribution < -0.4 is 14.4 Å². The number of aliphatic imine (C=N–C) groups is 1. The van der Waals surface area contributed by atoms with E-state index in [0.29, 0.717) is 27.4 Å². The number of amides is 1. The number of hydrogen-bond donors (Lipinski definition) is 0. The number of halogens is 1. The molecule has 2 fully saturated rings. The second-order valence-electron chi connectivity index (χ2n) is 5.97. The first-order valence-corrected chi connectivity index (χ1v) is 11.1. The van der Waals surface area contributed by atoms with Crippen LogP contribution in [0.25, 0.3) is 0 Å². The number of thioether (sulfide) groups is 1. The van der Waals surface area contributed by atoms with Crippen molar-refractivity contribution < 1.29 is 22.7 Å². The minimum Gasteiger partial charge on any atom is -0.495 e. The van der Waals surface area contributed by atoms with E-state index in [1.807, 2.05) is 0 Å². The maximum atomic E-state index is 12.1. The van der Waals surface area contributed by atoms with Crippen molar-refractivity contribution in [1.82, 2.24) is 0 Å². The molecule has 0 unspecified atom stereocenters. The van der Waals surface area contributed by atoms with E-state index in [-0.39, 0.29) is 35.1 Å². The normalized spacial score (nSPS) is 25.4. The van der Waals surface area contributed by atoms with Crippen LogP contribution in [0.4, 0.5) is 5.69 Å². The van der Waals surface area contributed by atoms with Gasteiger partial charge in [-0.25, -0.2) is 8.42 Å². The molecule has 1 amide bonds. The Hall–Kier alpha value is -1.45. The Morgan fingerprint density at radius 3 is 2.62 bits per heavy atom. The number of rotatable bonds is 4. The molecule has 2 atom stereocenters. The van der Waals surface area contributed by atoms with Crippen molar-refractivity contribution in [2.24, 2.45) is 4.99 Å². The number of amidine groups is 1. The number of hydrogen-bond acceptors (Lipinski definition) is 6. The standard InChI is InChI=1S/C16H19ClN2O5S2/c1-4-15(20)18-16-19(11-7-26(21,22)8-14(11)25-16)10-5-9(17)12(23-2)6-13(10)24-3/h5-6,11,14H,4,7-8H2,1-3H3/t11-,14+/m0/s1. The van der Waals surface area contributed by atoms with Gasteiger partial charge in [0, 0.05) is 17.7 Å². The number of fused-ring (bicyclic) bond motifs is 1. The number of nitrogens with zero attached hydrogens (tertiary/aromatic N) is 2. The van der Waals surface area contributed by atoms with Crippen molar-refractivity contribution in [3.05, 3.63) is 17.2 Å². The Labute approximate surface area is 161 Å². The zero-order chi connectivity index (χ0) is 19.1. The van der Waals surface area contributed by atoms with E-state index in [9.17, 15) is 13.2 Å². The molecule has 2 aliphatic rings. The summed E-state index contributed by atoms with van der Waals surface area (Å²) >= 11 is 7.59. The van der Waals surface area contributed by atoms with Crippen LogP contribution in [-0.4, -0.2) is 56.5 Å². The Morgan fingerprint density at radius 2 is 2.00 bits per heavy atom. The lowest BCUT2D eigenvalue weighted by molar-refractivity contribution is -0.117. The van der Waals surface area contributed by atoms with E-state index in [1.165, 1.54) is 26.0 Å². The van der Waals surface area contributed by atoms with Crippen molar-refractivity contribution in [2.45, 2.75) is 24.6 Å². The van der Waals surface area contributed by atoms with Crippen molar-refractivity contribution in [1.29, 1.82) is 0 Å². The summed E-state index contributed by atoms with van der Waals surface area (Å²) < 4.78 is 34.9. The molecule has 2 heterocycles. The van der Waals surface area contributed by atoms with Gasteiger partial charge in [-0.1, -0.05) is 30.3 Å². The van der Waals surface area contributed by atoms with Gasteiger partial charge in [0.25, 0.3) is 0 Å². The average Bonchev–Trinajstić information content (AvgIpc) is 3.05. The number of methoxy groups -OCH3 is 2. The summed E-state index contributed by atoms with van der Waals surface area (Å²) in [5.74, 6) is 0.700. The number of carbonyl (C=O) groups is 1. The molecular weight excluding hydrogens is 400 g/mol. The summed E-state index contributed by atoms with van der Waals surface area (Å²) in [5, 5.41) is 0.647. The SMILES string of the molecule is CCC(=O)N=C1S[C@@H]2CS(=O)(=O)C[C@@H]2N1c1cc(Cl)c(OC)cc1OC. The lowest BCUT2D eigenvalue weighted by Gasteiger charge is -2.26. The van der Waals surface area contributed by atoms with E-state index in [0.717, 1.165) is 0 Å². The van der Waals surface area contributed by atoms with Crippen LogP contribution in [0.2, 0.25) is 5.02 Å². The van der Waals surface area contributed by atoms with Gasteiger partial charge < -0.3 is 14.4 Å². The molecule has 0 aromatic heterocycles. The molecule has 10 heteroatoms. The van der Waals surface area contributed by atoms with Crippen molar-refractivity contribution >= 4 is 50.0 Å². The highest BCUT2D eigenvalue weighted by atomic mass is 35.5. The molecule has 0 spiro atoms. The zero-order valence-electron chi connectivity index (χ0n) is 14.6. The van der Waals surface area contributed by atoms with Gasteiger partial charge in [0.2, 0.25) is 5.91 Å². The third kappa shape index (κ3) is 3.52. The van der Waals surface area contributed by atoms with Crippen LogP contribution in [0.1, 0.15) is 13.3 Å². The smallest absolute Gasteiger partial charge is 0.247 e. The number of ether oxygens (including phenoxy) is 2. The van der Waals surface area contributed by atoms with E-state index >= 15 is 0 Å². The summed E-state index contributed by atoms with van der Waals surface area (Å²) in [6, 6.07) is 2.96. The molecule has 0 radical (unpaired) electrons. The van der Waals surface area contributed by atoms with Crippen LogP contribution in [-0.2, 0) is 14.6 Å². The monoisotopic (exact) mass is 418 g/mol. The van der Waals surface area contributed by atoms with Crippen molar-refractivity contribution in [3.63, 3.8) is 0 Å². The zero-order valence-corrected chi connectivity index (χ0v) is 16.9. The van der Waals surface area contributed by atoms with Gasteiger partial charge in [-0.15, -0.1) is 0 Å². The van der Waals surface area contributed by atoms with Crippen LogP contribution in [0.15, 0.2) is 17.1 Å². The molecule has 1 aromatic carbocycles. The topological polar surface area (TPSA) is 85.3 Å². The highest BCUT2D eigenvalue weighted by Crippen LogP contribution is 2.46. The largest absolute Gasteiger partial charge is 0.495 e. The van der Waals surface area contributed by atoms with Crippen LogP contribution >= 0.6 is 23.4 Å². The van der Waals surface area contributed by atoms with E-state index in [2.05, 4.69) is 4.99 Å². The first kappa shape index (κ1) is 19.3. The second-order valence-corrected chi connectivity index (χ2v) is 9.74. The fraction of sp³-hybridized carbons (Fsp3) is 0.500. The molecule has 2 aliphatic heterocycles. The molecule has 142 valence electrons. The minimum absolute atomic E-state index is 0.00317. The third-order valence-electron chi connectivity index (χ3n) is 4.30. The number of sulfone groups is 1. The molecule has 1 aromatic rings. The lowest BCUT2D eigenvalue weighted by atomic mass is 10.2. The maximum absolute atomic E-state index is 12.1. The lowest BCUT2D eigenvalue weighted by Crippen LogP contribution is -2.38. The molecule has 2 saturated heterocycles. The number of benzene rings is 1. The van der Waals surface area contributed by atoms with Crippen molar-refractivity contribution in [3.8, 4) is 11.5 Å². The summed E-state index contributed by atoms with van der Waals surface area (Å²) in [6.07, 6.45) is 0.270. The molecule has 7 nitrogen and oxygen atoms in total. The van der Waals surface area contributed by atoms with Gasteiger partial charge in [0.05, 0.1) is 42.5 Å². The van der Waals surface area contributed by atoms with E-state index < -0.39 is 9.84 Å². The summed E-state index contributed by atoms with van der Waals surface area (Å²) in [7, 11) is -0.143. The average molecular weight is 419 g/mol. The predicted molar refractivity (Wildman–Crippen MR) is 104 cm³/mol. The van der Waals surface area contributed by atoms with E-state index in [4.69, 9.17) is 21.1 Å². The van der Waals surface area contributed by atoms with E-state index in [1.54, 1.807) is 24.0 Å². The Bertz CT molecular complexity index is 872. The molecule has 26 heavy (non-hydrogen) atoms. The maximum Gasteiger partial charge on any atom is 0.247 e. The Kier molecular flexibility index (Phi) is 5.41. The molecule has 0 aliphatic carbocycles. The minimum atomic E-state index is -3.15. The highest BCUT2D eigenvalue weighted by Gasteiger charge is 2.50. The van der Waals surface area contributed by atoms with Gasteiger partial charge in [0.15, 0.2) is 15.0 Å². The first-order chi connectivity index (χ1) is 12.3. The van der Waals surface area contributed by atoms with Gasteiger partial charge in [-0.3, -0.25) is 4.79 Å². The van der Waals surface area contributed by atoms with Crippen molar-refractivity contribution in [2.75, 3.05) is 30.6 Å². The van der Waals surface area contributed by atoms with Crippen LogP contribution in [0.3, 0.4) is 0 Å². The quantitative estimate of drug-likeness (QED) is 0.741. The number of carbonyl (C=O) groups excluding carboxylic acids is 1. The fourth-order valence-electron chi connectivity index (χ4n) is 3.06. The first-order valence-electron chi connectivity index (χ1n) is 7.99. The Balaban J connectivity index is 2.13. The molecule has 3 rings (SSSR count). The Morgan fingerprint density at radius 1 is 1.31 bits per heavy atom. The summed E-state index contributed by atoms with van der Waals surface area (Å²) in [6.45, 7) is 1.73. The molecule has 0 saturated carbocycles. The molecule has 0 N–H and O–H groups in total. The van der Waals surface area contributed by atoms with Gasteiger partial charge in [-0.05, 0) is 6.07 Å². The predicted octanol–water partition coefficient (Wildman–Crippen LogP) is 2.37. The molecule has 0 bridgehead atoms. The summed E-state index contributed by atoms with van der Waals surface area (Å²) in [5.41, 5.74) is 0.568.